The van der Waals surface area contributed by atoms with E-state index in [1.807, 2.05) is 13.8 Å². The molecule has 3 heterocycles. The lowest BCUT2D eigenvalue weighted by Crippen LogP contribution is -2.54. The highest BCUT2D eigenvalue weighted by molar-refractivity contribution is 7.89. The van der Waals surface area contributed by atoms with Gasteiger partial charge in [0.1, 0.15) is 0 Å². The van der Waals surface area contributed by atoms with Gasteiger partial charge in [0.15, 0.2) is 9.86 Å². The Bertz CT molecular complexity index is 1180. The van der Waals surface area contributed by atoms with Crippen LogP contribution in [0.1, 0.15) is 18.2 Å². The quantitative estimate of drug-likeness (QED) is 0.652. The predicted molar refractivity (Wildman–Crippen MR) is 111 cm³/mol. The minimum absolute atomic E-state index is 0.00729. The Morgan fingerprint density at radius 1 is 1.14 bits per heavy atom. The van der Waals surface area contributed by atoms with Crippen molar-refractivity contribution in [2.75, 3.05) is 24.5 Å². The monoisotopic (exact) mass is 418 g/mol. The van der Waals surface area contributed by atoms with Crippen LogP contribution >= 0.6 is 11.3 Å². The van der Waals surface area contributed by atoms with E-state index >= 15 is 0 Å². The predicted octanol–water partition coefficient (Wildman–Crippen LogP) is 2.27. The Kier molecular flexibility index (Phi) is 4.76. The van der Waals surface area contributed by atoms with Crippen LogP contribution in [-0.4, -0.2) is 47.8 Å². The molecule has 1 saturated heterocycles. The fourth-order valence-corrected chi connectivity index (χ4v) is 6.14. The Labute approximate surface area is 167 Å². The number of sulfonamides is 1. The molecular weight excluding hydrogens is 396 g/mol. The molecule has 1 aliphatic rings. The number of aryl methyl sites for hydroxylation is 2. The lowest BCUT2D eigenvalue weighted by molar-refractivity contribution is 0.342. The molecule has 4 rings (SSSR count). The highest BCUT2D eigenvalue weighted by atomic mass is 32.2. The van der Waals surface area contributed by atoms with Crippen LogP contribution in [0.2, 0.25) is 0 Å². The van der Waals surface area contributed by atoms with E-state index in [4.69, 9.17) is 0 Å². The number of rotatable bonds is 3. The molecule has 28 heavy (non-hydrogen) atoms. The molecule has 1 aliphatic heterocycles. The standard InChI is InChI=1S/C19H22N4O3S2/c1-13-4-6-16(7-5-13)22-9-8-21(12-14(22)2)28(25,26)17-15(3)20-19-23(18(17)24)10-11-27-19/h4-7,10-11,14H,8-9,12H2,1-3H3. The first-order valence-electron chi connectivity index (χ1n) is 9.09. The van der Waals surface area contributed by atoms with Gasteiger partial charge in [0.05, 0.1) is 5.69 Å². The number of hydrogen-bond acceptors (Lipinski definition) is 6. The van der Waals surface area contributed by atoms with Crippen LogP contribution in [0.3, 0.4) is 0 Å². The lowest BCUT2D eigenvalue weighted by Gasteiger charge is -2.40. The Morgan fingerprint density at radius 2 is 1.86 bits per heavy atom. The molecule has 0 aliphatic carbocycles. The highest BCUT2D eigenvalue weighted by Gasteiger charge is 2.35. The zero-order valence-corrected chi connectivity index (χ0v) is 17.6. The van der Waals surface area contributed by atoms with Crippen molar-refractivity contribution in [3.63, 3.8) is 0 Å². The summed E-state index contributed by atoms with van der Waals surface area (Å²) in [4.78, 5) is 19.6. The summed E-state index contributed by atoms with van der Waals surface area (Å²) in [5.41, 5.74) is 1.98. The van der Waals surface area contributed by atoms with E-state index in [9.17, 15) is 13.2 Å². The van der Waals surface area contributed by atoms with Gasteiger partial charge in [-0.25, -0.2) is 13.4 Å². The fourth-order valence-electron chi connectivity index (χ4n) is 3.65. The summed E-state index contributed by atoms with van der Waals surface area (Å²) >= 11 is 1.31. The number of hydrogen-bond donors (Lipinski definition) is 0. The molecule has 3 aromatic rings. The fraction of sp³-hybridized carbons (Fsp3) is 0.368. The molecule has 2 aromatic heterocycles. The van der Waals surface area contributed by atoms with Crippen LogP contribution in [0.5, 0.6) is 0 Å². The maximum atomic E-state index is 13.3. The van der Waals surface area contributed by atoms with Crippen LogP contribution in [0.4, 0.5) is 5.69 Å². The molecule has 0 amide bonds. The van der Waals surface area contributed by atoms with Crippen molar-refractivity contribution in [1.82, 2.24) is 13.7 Å². The minimum atomic E-state index is -3.92. The molecule has 1 atom stereocenters. The lowest BCUT2D eigenvalue weighted by atomic mass is 10.1. The van der Waals surface area contributed by atoms with Gasteiger partial charge in [0.25, 0.3) is 15.6 Å². The van der Waals surface area contributed by atoms with Crippen molar-refractivity contribution in [3.05, 3.63) is 57.5 Å². The van der Waals surface area contributed by atoms with Gasteiger partial charge in [0.2, 0.25) is 0 Å². The Morgan fingerprint density at radius 3 is 2.54 bits per heavy atom. The van der Waals surface area contributed by atoms with E-state index < -0.39 is 15.6 Å². The topological polar surface area (TPSA) is 75.0 Å². The van der Waals surface area contributed by atoms with Crippen LogP contribution in [0.25, 0.3) is 4.96 Å². The maximum absolute atomic E-state index is 13.3. The highest BCUT2D eigenvalue weighted by Crippen LogP contribution is 2.25. The first kappa shape index (κ1) is 19.1. The summed E-state index contributed by atoms with van der Waals surface area (Å²) in [5.74, 6) is 0. The number of benzene rings is 1. The Balaban J connectivity index is 1.65. The van der Waals surface area contributed by atoms with Crippen molar-refractivity contribution in [2.24, 2.45) is 0 Å². The molecule has 9 heteroatoms. The second-order valence-electron chi connectivity index (χ2n) is 7.13. The molecule has 148 valence electrons. The average molecular weight is 419 g/mol. The number of piperazine rings is 1. The molecule has 1 aromatic carbocycles. The van der Waals surface area contributed by atoms with Gasteiger partial charge in [-0.2, -0.15) is 4.31 Å². The van der Waals surface area contributed by atoms with Crippen molar-refractivity contribution in [3.8, 4) is 0 Å². The van der Waals surface area contributed by atoms with Gasteiger partial charge in [-0.15, -0.1) is 11.3 Å². The van der Waals surface area contributed by atoms with Gasteiger partial charge in [-0.3, -0.25) is 9.20 Å². The van der Waals surface area contributed by atoms with E-state index in [1.54, 1.807) is 18.5 Å². The number of anilines is 1. The molecule has 1 unspecified atom stereocenters. The molecule has 0 saturated carbocycles. The van der Waals surface area contributed by atoms with Crippen molar-refractivity contribution < 1.29 is 8.42 Å². The number of thiazole rings is 1. The van der Waals surface area contributed by atoms with E-state index in [0.29, 0.717) is 24.6 Å². The first-order chi connectivity index (χ1) is 13.3. The van der Waals surface area contributed by atoms with Gasteiger partial charge in [-0.05, 0) is 32.9 Å². The van der Waals surface area contributed by atoms with E-state index in [1.165, 1.54) is 25.6 Å². The van der Waals surface area contributed by atoms with Crippen LogP contribution in [0, 0.1) is 13.8 Å². The van der Waals surface area contributed by atoms with Gasteiger partial charge >= 0.3 is 0 Å². The third-order valence-corrected chi connectivity index (χ3v) is 7.90. The van der Waals surface area contributed by atoms with Crippen LogP contribution in [0.15, 0.2) is 45.5 Å². The molecule has 7 nitrogen and oxygen atoms in total. The van der Waals surface area contributed by atoms with Crippen LogP contribution in [-0.2, 0) is 10.0 Å². The average Bonchev–Trinajstić information content (AvgIpc) is 3.11. The normalized spacial score (nSPS) is 18.7. The zero-order valence-electron chi connectivity index (χ0n) is 16.0. The summed E-state index contributed by atoms with van der Waals surface area (Å²) < 4.78 is 29.3. The molecule has 1 fully saturated rings. The van der Waals surface area contributed by atoms with Crippen LogP contribution < -0.4 is 10.5 Å². The van der Waals surface area contributed by atoms with Crippen molar-refractivity contribution in [2.45, 2.75) is 31.7 Å². The van der Waals surface area contributed by atoms with Gasteiger partial charge in [-0.1, -0.05) is 17.7 Å². The summed E-state index contributed by atoms with van der Waals surface area (Å²) in [5, 5.41) is 1.72. The summed E-state index contributed by atoms with van der Waals surface area (Å²) in [6.07, 6.45) is 1.56. The minimum Gasteiger partial charge on any atom is -0.366 e. The molecule has 0 radical (unpaired) electrons. The summed E-state index contributed by atoms with van der Waals surface area (Å²) in [7, 11) is -3.92. The summed E-state index contributed by atoms with van der Waals surface area (Å²) in [6, 6.07) is 8.21. The molecular formula is C19H22N4O3S2. The molecule has 0 spiro atoms. The number of aromatic nitrogens is 2. The SMILES string of the molecule is Cc1ccc(N2CCN(S(=O)(=O)c3c(C)nc4sccn4c3=O)CC2C)cc1. The summed E-state index contributed by atoms with van der Waals surface area (Å²) in [6.45, 7) is 6.84. The van der Waals surface area contributed by atoms with Gasteiger partial charge < -0.3 is 4.90 Å². The van der Waals surface area contributed by atoms with E-state index in [2.05, 4.69) is 34.1 Å². The van der Waals surface area contributed by atoms with Gasteiger partial charge in [0, 0.05) is 42.9 Å². The smallest absolute Gasteiger partial charge is 0.279 e. The maximum Gasteiger partial charge on any atom is 0.279 e. The first-order valence-corrected chi connectivity index (χ1v) is 11.4. The largest absolute Gasteiger partial charge is 0.366 e. The van der Waals surface area contributed by atoms with E-state index in [-0.39, 0.29) is 16.6 Å². The van der Waals surface area contributed by atoms with Crippen molar-refractivity contribution >= 4 is 32.0 Å². The second-order valence-corrected chi connectivity index (χ2v) is 9.88. The number of nitrogens with zero attached hydrogens (tertiary/aromatic N) is 4. The van der Waals surface area contributed by atoms with Crippen molar-refractivity contribution in [1.29, 1.82) is 0 Å². The Hall–Kier alpha value is -2.23. The van der Waals surface area contributed by atoms with E-state index in [0.717, 1.165) is 5.69 Å². The zero-order chi connectivity index (χ0) is 20.1. The second kappa shape index (κ2) is 6.98. The molecule has 0 N–H and O–H groups in total. The third kappa shape index (κ3) is 3.13. The molecule has 0 bridgehead atoms. The number of fused-ring (bicyclic) bond motifs is 1. The third-order valence-electron chi connectivity index (χ3n) is 5.15.